The third kappa shape index (κ3) is 5.25. The highest BCUT2D eigenvalue weighted by Gasteiger charge is 2.41. The minimum absolute atomic E-state index is 0.00184. The highest BCUT2D eigenvalue weighted by atomic mass is 35.5. The molecule has 0 fully saturated rings. The van der Waals surface area contributed by atoms with Crippen molar-refractivity contribution in [1.82, 2.24) is 10.6 Å². The number of hydrogen-bond acceptors (Lipinski definition) is 8. The van der Waals surface area contributed by atoms with Crippen LogP contribution in [0.2, 0.25) is 0 Å². The van der Waals surface area contributed by atoms with Gasteiger partial charge in [0.25, 0.3) is 0 Å². The molecular formula is C25H22Cl2N4O7. The van der Waals surface area contributed by atoms with Crippen molar-refractivity contribution in [3.63, 3.8) is 0 Å². The molecule has 11 nitrogen and oxygen atoms in total. The number of amides is 2. The van der Waals surface area contributed by atoms with Gasteiger partial charge in [0.1, 0.15) is 16.9 Å². The summed E-state index contributed by atoms with van der Waals surface area (Å²) in [5.41, 5.74) is 4.19. The fourth-order valence-corrected chi connectivity index (χ4v) is 5.12. The lowest BCUT2D eigenvalue weighted by atomic mass is 9.98. The molecule has 38 heavy (non-hydrogen) atoms. The molecule has 3 N–H and O–H groups in total. The molecule has 0 spiro atoms. The van der Waals surface area contributed by atoms with Crippen molar-refractivity contribution in [3.05, 3.63) is 59.7 Å². The Morgan fingerprint density at radius 3 is 1.92 bits per heavy atom. The van der Waals surface area contributed by atoms with Crippen LogP contribution in [0, 0.1) is 0 Å². The van der Waals surface area contributed by atoms with E-state index in [4.69, 9.17) is 37.6 Å². The minimum atomic E-state index is -1.49. The Labute approximate surface area is 226 Å². The molecule has 3 aliphatic rings. The number of halogens is 2. The predicted molar refractivity (Wildman–Crippen MR) is 137 cm³/mol. The van der Waals surface area contributed by atoms with Crippen LogP contribution in [0.15, 0.2) is 58.8 Å². The zero-order valence-electron chi connectivity index (χ0n) is 19.7. The van der Waals surface area contributed by atoms with E-state index in [0.717, 1.165) is 22.3 Å². The van der Waals surface area contributed by atoms with E-state index in [1.54, 1.807) is 0 Å². The fourth-order valence-electron chi connectivity index (χ4n) is 4.74. The molecule has 2 aromatic carbocycles. The molecular weight excluding hydrogens is 539 g/mol. The van der Waals surface area contributed by atoms with Gasteiger partial charge >= 0.3 is 12.1 Å². The Morgan fingerprint density at radius 2 is 1.42 bits per heavy atom. The number of alkyl carbamates (subject to hydrolysis) is 1. The maximum Gasteiger partial charge on any atom is 0.407 e. The zero-order valence-corrected chi connectivity index (χ0v) is 21.2. The SMILES string of the molecule is O=C(NC(C(=O)NC(C(=O)O)C1CC(Cl)=NO1)C1CC(Cl)=NO1)OCC1c2ccccc2-c2ccccc21. The van der Waals surface area contributed by atoms with Crippen LogP contribution in [0.25, 0.3) is 11.1 Å². The van der Waals surface area contributed by atoms with Crippen molar-refractivity contribution in [2.24, 2.45) is 10.3 Å². The number of nitrogens with one attached hydrogen (secondary N) is 2. The maximum absolute atomic E-state index is 13.2. The lowest BCUT2D eigenvalue weighted by Crippen LogP contribution is -2.58. The number of carboxylic acids is 1. The number of fused-ring (bicyclic) bond motifs is 3. The molecule has 0 saturated heterocycles. The monoisotopic (exact) mass is 560 g/mol. The molecule has 0 saturated carbocycles. The lowest BCUT2D eigenvalue weighted by Gasteiger charge is -2.25. The zero-order chi connectivity index (χ0) is 26.8. The van der Waals surface area contributed by atoms with E-state index >= 15 is 0 Å². The Bertz CT molecular complexity index is 1290. The Balaban J connectivity index is 1.27. The molecule has 2 aliphatic heterocycles. The molecule has 2 aromatic rings. The Kier molecular flexibility index (Phi) is 7.39. The average molecular weight is 561 g/mol. The molecule has 198 valence electrons. The number of oxime groups is 2. The predicted octanol–water partition coefficient (Wildman–Crippen LogP) is 3.15. The normalized spacial score (nSPS) is 21.1. The summed E-state index contributed by atoms with van der Waals surface area (Å²) in [6.07, 6.45) is -2.88. The lowest BCUT2D eigenvalue weighted by molar-refractivity contribution is -0.146. The molecule has 13 heteroatoms. The van der Waals surface area contributed by atoms with Crippen molar-refractivity contribution in [2.45, 2.75) is 43.1 Å². The van der Waals surface area contributed by atoms with Crippen LogP contribution in [0.1, 0.15) is 29.9 Å². The second kappa shape index (κ2) is 10.9. The van der Waals surface area contributed by atoms with Gasteiger partial charge in [-0.05, 0) is 22.3 Å². The summed E-state index contributed by atoms with van der Waals surface area (Å²) in [7, 11) is 0. The first-order valence-corrected chi connectivity index (χ1v) is 12.5. The number of hydrogen-bond donors (Lipinski definition) is 3. The van der Waals surface area contributed by atoms with Gasteiger partial charge in [-0.2, -0.15) is 0 Å². The molecule has 4 unspecified atom stereocenters. The third-order valence-corrected chi connectivity index (χ3v) is 6.97. The molecule has 0 aromatic heterocycles. The number of carbonyl (C=O) groups excluding carboxylic acids is 2. The summed E-state index contributed by atoms with van der Waals surface area (Å²) < 4.78 is 5.54. The van der Waals surface area contributed by atoms with Gasteiger partial charge in [-0.3, -0.25) is 4.79 Å². The summed E-state index contributed by atoms with van der Waals surface area (Å²) in [4.78, 5) is 48.1. The molecule has 2 heterocycles. The summed E-state index contributed by atoms with van der Waals surface area (Å²) in [6, 6.07) is 12.9. The van der Waals surface area contributed by atoms with Gasteiger partial charge in [0.05, 0.1) is 0 Å². The minimum Gasteiger partial charge on any atom is -0.480 e. The van der Waals surface area contributed by atoms with Gasteiger partial charge in [-0.25, -0.2) is 9.59 Å². The maximum atomic E-state index is 13.2. The summed E-state index contributed by atoms with van der Waals surface area (Å²) >= 11 is 11.7. The summed E-state index contributed by atoms with van der Waals surface area (Å²) in [5, 5.41) is 21.8. The van der Waals surface area contributed by atoms with E-state index in [0.29, 0.717) is 0 Å². The molecule has 4 atom stereocenters. The number of ether oxygens (including phenoxy) is 1. The molecule has 2 amide bonds. The molecule has 0 radical (unpaired) electrons. The highest BCUT2D eigenvalue weighted by molar-refractivity contribution is 6.65. The van der Waals surface area contributed by atoms with E-state index in [1.165, 1.54) is 0 Å². The van der Waals surface area contributed by atoms with Crippen LogP contribution in [-0.2, 0) is 24.0 Å². The van der Waals surface area contributed by atoms with Crippen molar-refractivity contribution >= 4 is 51.5 Å². The number of aliphatic carboxylic acids is 1. The summed E-state index contributed by atoms with van der Waals surface area (Å²) in [6.45, 7) is 0.0144. The van der Waals surface area contributed by atoms with E-state index in [2.05, 4.69) is 20.9 Å². The van der Waals surface area contributed by atoms with E-state index < -0.39 is 42.3 Å². The largest absolute Gasteiger partial charge is 0.480 e. The van der Waals surface area contributed by atoms with E-state index in [-0.39, 0.29) is 35.7 Å². The number of carbonyl (C=O) groups is 3. The van der Waals surface area contributed by atoms with Crippen LogP contribution in [0.5, 0.6) is 0 Å². The summed E-state index contributed by atoms with van der Waals surface area (Å²) in [5.74, 6) is -2.42. The first kappa shape index (κ1) is 25.8. The third-order valence-electron chi connectivity index (χ3n) is 6.52. The van der Waals surface area contributed by atoms with Gasteiger partial charge in [0.15, 0.2) is 24.3 Å². The van der Waals surface area contributed by atoms with Crippen LogP contribution in [0.4, 0.5) is 4.79 Å². The number of nitrogens with zero attached hydrogens (tertiary/aromatic N) is 2. The molecule has 1 aliphatic carbocycles. The van der Waals surface area contributed by atoms with Gasteiger partial charge < -0.3 is 30.2 Å². The van der Waals surface area contributed by atoms with Crippen molar-refractivity contribution in [3.8, 4) is 11.1 Å². The van der Waals surface area contributed by atoms with Crippen molar-refractivity contribution in [2.75, 3.05) is 6.61 Å². The highest BCUT2D eigenvalue weighted by Crippen LogP contribution is 2.44. The number of carboxylic acid groups (broad SMARTS) is 1. The fraction of sp³-hybridized carbons (Fsp3) is 0.320. The molecule has 5 rings (SSSR count). The van der Waals surface area contributed by atoms with Gasteiger partial charge in [0, 0.05) is 18.8 Å². The van der Waals surface area contributed by atoms with Crippen molar-refractivity contribution in [1.29, 1.82) is 0 Å². The van der Waals surface area contributed by atoms with Crippen LogP contribution >= 0.6 is 23.2 Å². The van der Waals surface area contributed by atoms with E-state index in [9.17, 15) is 19.5 Å². The number of rotatable bonds is 8. The Morgan fingerprint density at radius 1 is 0.895 bits per heavy atom. The Hall–Kier alpha value is -3.83. The average Bonchev–Trinajstić information content (AvgIpc) is 3.61. The van der Waals surface area contributed by atoms with Gasteiger partial charge in [0.2, 0.25) is 5.91 Å². The van der Waals surface area contributed by atoms with Crippen molar-refractivity contribution < 1.29 is 33.9 Å². The first-order chi connectivity index (χ1) is 18.3. The van der Waals surface area contributed by atoms with Crippen LogP contribution in [-0.4, -0.2) is 64.3 Å². The van der Waals surface area contributed by atoms with Crippen LogP contribution < -0.4 is 10.6 Å². The quantitative estimate of drug-likeness (QED) is 0.449. The second-order valence-corrected chi connectivity index (χ2v) is 9.78. The van der Waals surface area contributed by atoms with Gasteiger partial charge in [-0.1, -0.05) is 82.0 Å². The number of benzene rings is 2. The van der Waals surface area contributed by atoms with Crippen LogP contribution in [0.3, 0.4) is 0 Å². The molecule has 0 bridgehead atoms. The standard InChI is InChI=1S/C25H22Cl2N4O7/c26-19-9-17(37-30-19)21(23(32)28-22(24(33)34)18-10-20(27)31-38-18)29-25(35)36-11-16-14-7-3-1-5-12(14)13-6-2-4-8-15(13)16/h1-8,16-18,21-22H,9-11H2,(H,28,32)(H,29,35)(H,33,34). The second-order valence-electron chi connectivity index (χ2n) is 8.90. The van der Waals surface area contributed by atoms with Gasteiger partial charge in [-0.15, -0.1) is 0 Å². The first-order valence-electron chi connectivity index (χ1n) is 11.7. The smallest absolute Gasteiger partial charge is 0.407 e. The van der Waals surface area contributed by atoms with E-state index in [1.807, 2.05) is 48.5 Å². The topological polar surface area (TPSA) is 148 Å².